The summed E-state index contributed by atoms with van der Waals surface area (Å²) in [5.74, 6) is 0. The summed E-state index contributed by atoms with van der Waals surface area (Å²) >= 11 is 0. The van der Waals surface area contributed by atoms with Crippen LogP contribution in [0.15, 0.2) is 42.5 Å². The van der Waals surface area contributed by atoms with Gasteiger partial charge in [-0.25, -0.2) is 0 Å². The molecule has 3 heterocycles. The molecule has 0 spiro atoms. The van der Waals surface area contributed by atoms with E-state index in [1.54, 1.807) is 0 Å². The van der Waals surface area contributed by atoms with E-state index in [1.165, 1.54) is 35.3 Å². The summed E-state index contributed by atoms with van der Waals surface area (Å²) in [5, 5.41) is 10.4. The number of hydrogen-bond donors (Lipinski definition) is 1. The first-order valence-electron chi connectivity index (χ1n) is 12.7. The van der Waals surface area contributed by atoms with Gasteiger partial charge in [0.15, 0.2) is 0 Å². The molecule has 2 aromatic carbocycles. The molecule has 3 aromatic rings. The Morgan fingerprint density at radius 1 is 1.03 bits per heavy atom. The largest absolute Gasteiger partial charge is 0.379 e. The second-order valence-electron chi connectivity index (χ2n) is 10.3. The molecule has 34 heavy (non-hydrogen) atoms. The highest BCUT2D eigenvalue weighted by atomic mass is 16.5. The molecule has 0 unspecified atom stereocenters. The lowest BCUT2D eigenvalue weighted by molar-refractivity contribution is 0.0115. The topological polar surface area (TPSA) is 55.3 Å². The molecule has 2 aliphatic rings. The van der Waals surface area contributed by atoms with E-state index in [1.807, 2.05) is 18.2 Å². The van der Waals surface area contributed by atoms with Gasteiger partial charge in [0.1, 0.15) is 0 Å². The van der Waals surface area contributed by atoms with Crippen molar-refractivity contribution in [3.63, 3.8) is 0 Å². The lowest BCUT2D eigenvalue weighted by Crippen LogP contribution is -2.49. The fourth-order valence-electron chi connectivity index (χ4n) is 5.65. The van der Waals surface area contributed by atoms with Crippen LogP contribution in [0.25, 0.3) is 10.9 Å². The van der Waals surface area contributed by atoms with Crippen molar-refractivity contribution in [2.75, 3.05) is 44.3 Å². The molecule has 178 valence electrons. The van der Waals surface area contributed by atoms with E-state index in [0.717, 1.165) is 56.7 Å². The van der Waals surface area contributed by atoms with Gasteiger partial charge in [-0.3, -0.25) is 4.90 Å². The summed E-state index contributed by atoms with van der Waals surface area (Å²) in [6.07, 6.45) is 3.49. The van der Waals surface area contributed by atoms with Gasteiger partial charge >= 0.3 is 0 Å². The summed E-state index contributed by atoms with van der Waals surface area (Å²) < 4.78 is 5.55. The van der Waals surface area contributed by atoms with E-state index in [0.29, 0.717) is 11.6 Å². The van der Waals surface area contributed by atoms with Gasteiger partial charge in [-0.2, -0.15) is 5.26 Å². The number of rotatable bonds is 5. The number of nitrogens with one attached hydrogen (secondary N) is 1. The lowest BCUT2D eigenvalue weighted by Gasteiger charge is -2.41. The number of anilines is 1. The number of hydrogen-bond acceptors (Lipinski definition) is 4. The number of H-pyrrole nitrogens is 1. The van der Waals surface area contributed by atoms with Crippen molar-refractivity contribution in [2.45, 2.75) is 51.5 Å². The number of fused-ring (bicyclic) bond motifs is 1. The summed E-state index contributed by atoms with van der Waals surface area (Å²) in [6.45, 7) is 13.0. The highest BCUT2D eigenvalue weighted by molar-refractivity contribution is 5.82. The molecule has 0 amide bonds. The number of aromatic nitrogens is 1. The number of aryl methyl sites for hydroxylation is 1. The van der Waals surface area contributed by atoms with Crippen molar-refractivity contribution in [1.82, 2.24) is 9.88 Å². The van der Waals surface area contributed by atoms with E-state index in [2.05, 4.69) is 65.9 Å². The third-order valence-corrected chi connectivity index (χ3v) is 7.98. The van der Waals surface area contributed by atoms with Gasteiger partial charge in [0.2, 0.25) is 0 Å². The normalized spacial score (nSPS) is 18.4. The van der Waals surface area contributed by atoms with Crippen molar-refractivity contribution >= 4 is 16.6 Å². The number of ether oxygens (including phenoxy) is 1. The molecule has 5 rings (SSSR count). The number of morpholine rings is 1. The Kier molecular flexibility index (Phi) is 6.38. The van der Waals surface area contributed by atoms with Crippen molar-refractivity contribution in [3.05, 3.63) is 64.8 Å². The Morgan fingerprint density at radius 2 is 1.79 bits per heavy atom. The second kappa shape index (κ2) is 9.44. The van der Waals surface area contributed by atoms with Crippen molar-refractivity contribution in [3.8, 4) is 6.07 Å². The molecule has 0 aliphatic carbocycles. The highest BCUT2D eigenvalue weighted by Gasteiger charge is 2.29. The van der Waals surface area contributed by atoms with E-state index in [-0.39, 0.29) is 5.41 Å². The number of piperidine rings is 1. The van der Waals surface area contributed by atoms with Gasteiger partial charge < -0.3 is 14.6 Å². The van der Waals surface area contributed by atoms with Crippen LogP contribution in [0.5, 0.6) is 0 Å². The van der Waals surface area contributed by atoms with Gasteiger partial charge in [-0.1, -0.05) is 39.0 Å². The second-order valence-corrected chi connectivity index (χ2v) is 10.3. The number of aromatic amines is 1. The molecular weight excluding hydrogens is 420 g/mol. The van der Waals surface area contributed by atoms with E-state index >= 15 is 0 Å². The minimum absolute atomic E-state index is 0.168. The Bertz CT molecular complexity index is 1190. The van der Waals surface area contributed by atoms with Gasteiger partial charge in [-0.15, -0.1) is 0 Å². The van der Waals surface area contributed by atoms with E-state index in [9.17, 15) is 5.26 Å². The molecule has 0 radical (unpaired) electrons. The lowest BCUT2D eigenvalue weighted by atomic mass is 9.80. The Balaban J connectivity index is 1.40. The average Bonchev–Trinajstić information content (AvgIpc) is 3.33. The Morgan fingerprint density at radius 3 is 2.50 bits per heavy atom. The predicted molar refractivity (Wildman–Crippen MR) is 139 cm³/mol. The molecule has 1 aromatic heterocycles. The maximum atomic E-state index is 9.26. The van der Waals surface area contributed by atoms with E-state index in [4.69, 9.17) is 4.74 Å². The van der Waals surface area contributed by atoms with Crippen LogP contribution in [0.3, 0.4) is 0 Å². The zero-order valence-electron chi connectivity index (χ0n) is 20.7. The van der Waals surface area contributed by atoms with Crippen LogP contribution in [-0.4, -0.2) is 55.3 Å². The summed E-state index contributed by atoms with van der Waals surface area (Å²) in [6, 6.07) is 18.1. The van der Waals surface area contributed by atoms with Crippen molar-refractivity contribution < 1.29 is 4.74 Å². The molecule has 2 fully saturated rings. The highest BCUT2D eigenvalue weighted by Crippen LogP contribution is 2.37. The van der Waals surface area contributed by atoms with Gasteiger partial charge in [0.25, 0.3) is 0 Å². The zero-order valence-corrected chi connectivity index (χ0v) is 20.7. The molecule has 2 saturated heterocycles. The Labute approximate surface area is 203 Å². The average molecular weight is 457 g/mol. The smallest absolute Gasteiger partial charge is 0.0992 e. The summed E-state index contributed by atoms with van der Waals surface area (Å²) in [7, 11) is 0. The zero-order chi connectivity index (χ0) is 23.7. The van der Waals surface area contributed by atoms with Crippen LogP contribution in [0.2, 0.25) is 0 Å². The SMILES string of the molecule is CCc1ccc(C(C)(C)c2cc3ccc(C#N)cc3[nH]2)cc1N1CCC(N2CCOCC2)CC1. The quantitative estimate of drug-likeness (QED) is 0.571. The third-order valence-electron chi connectivity index (χ3n) is 7.98. The molecule has 2 aliphatic heterocycles. The number of nitriles is 1. The molecule has 0 saturated carbocycles. The molecule has 0 atom stereocenters. The van der Waals surface area contributed by atoms with Crippen LogP contribution < -0.4 is 4.90 Å². The molecule has 1 N–H and O–H groups in total. The number of benzene rings is 2. The number of nitrogens with zero attached hydrogens (tertiary/aromatic N) is 3. The minimum Gasteiger partial charge on any atom is -0.379 e. The maximum absolute atomic E-state index is 9.26. The van der Waals surface area contributed by atoms with Gasteiger partial charge in [-0.05, 0) is 60.0 Å². The van der Waals surface area contributed by atoms with E-state index < -0.39 is 0 Å². The van der Waals surface area contributed by atoms with Crippen LogP contribution in [0.1, 0.15) is 56.0 Å². The molecular formula is C29H36N4O. The van der Waals surface area contributed by atoms with Crippen LogP contribution in [0.4, 0.5) is 5.69 Å². The van der Waals surface area contributed by atoms with Crippen LogP contribution in [-0.2, 0) is 16.6 Å². The van der Waals surface area contributed by atoms with Gasteiger partial charge in [0.05, 0.1) is 24.8 Å². The minimum atomic E-state index is -0.168. The first-order valence-corrected chi connectivity index (χ1v) is 12.7. The fourth-order valence-corrected chi connectivity index (χ4v) is 5.65. The fraction of sp³-hybridized carbons (Fsp3) is 0.483. The molecule has 5 nitrogen and oxygen atoms in total. The Hall–Kier alpha value is -2.81. The van der Waals surface area contributed by atoms with Crippen LogP contribution >= 0.6 is 0 Å². The molecule has 0 bridgehead atoms. The third kappa shape index (κ3) is 4.33. The predicted octanol–water partition coefficient (Wildman–Crippen LogP) is 5.23. The summed E-state index contributed by atoms with van der Waals surface area (Å²) in [4.78, 5) is 8.84. The summed E-state index contributed by atoms with van der Waals surface area (Å²) in [5.41, 5.74) is 6.88. The monoisotopic (exact) mass is 456 g/mol. The van der Waals surface area contributed by atoms with Crippen molar-refractivity contribution in [1.29, 1.82) is 5.26 Å². The van der Waals surface area contributed by atoms with Crippen LogP contribution in [0, 0.1) is 11.3 Å². The first kappa shape index (κ1) is 23.0. The van der Waals surface area contributed by atoms with Gasteiger partial charge in [0, 0.05) is 54.5 Å². The first-order chi connectivity index (χ1) is 16.5. The van der Waals surface area contributed by atoms with Crippen molar-refractivity contribution in [2.24, 2.45) is 0 Å². The standard InChI is InChI=1S/C29H36N4O/c1-4-22-7-8-24(29(2,3)28-18-23-6-5-21(20-30)17-26(23)31-28)19-27(22)33-11-9-25(10-12-33)32-13-15-34-16-14-32/h5-8,17-19,25,31H,4,9-16H2,1-3H3. The maximum Gasteiger partial charge on any atom is 0.0992 e. The molecule has 5 heteroatoms.